The summed E-state index contributed by atoms with van der Waals surface area (Å²) in [6.07, 6.45) is 9.96. The maximum Gasteiger partial charge on any atom is 0.218 e. The summed E-state index contributed by atoms with van der Waals surface area (Å²) in [5.41, 5.74) is 2.40. The Morgan fingerprint density at radius 2 is 1.72 bits per heavy atom. The van der Waals surface area contributed by atoms with Crippen LogP contribution in [0, 0.1) is 0 Å². The Hall–Kier alpha value is -2.62. The lowest BCUT2D eigenvalue weighted by Crippen LogP contribution is -2.50. The zero-order valence-electron chi connectivity index (χ0n) is 21.5. The highest BCUT2D eigenvalue weighted by Gasteiger charge is 2.26. The van der Waals surface area contributed by atoms with Crippen molar-refractivity contribution in [1.82, 2.24) is 25.0 Å². The number of piperazine rings is 1. The minimum absolute atomic E-state index is 0.759. The maximum absolute atomic E-state index is 5.42. The van der Waals surface area contributed by atoms with Crippen molar-refractivity contribution in [2.75, 3.05) is 51.8 Å². The highest BCUT2D eigenvalue weighted by atomic mass is 32.1. The topological polar surface area (TPSA) is 67.7 Å². The van der Waals surface area contributed by atoms with Crippen LogP contribution in [0.25, 0.3) is 5.13 Å². The van der Waals surface area contributed by atoms with Crippen LogP contribution in [-0.2, 0) is 13.0 Å². The van der Waals surface area contributed by atoms with Crippen LogP contribution in [0.3, 0.4) is 0 Å². The molecule has 1 aromatic carbocycles. The zero-order valence-corrected chi connectivity index (χ0v) is 22.3. The molecule has 3 heterocycles. The van der Waals surface area contributed by atoms with Crippen LogP contribution in [0.5, 0.6) is 11.5 Å². The van der Waals surface area contributed by atoms with E-state index in [4.69, 9.17) is 9.47 Å². The Morgan fingerprint density at radius 1 is 0.944 bits per heavy atom. The van der Waals surface area contributed by atoms with Gasteiger partial charge in [0, 0.05) is 50.7 Å². The van der Waals surface area contributed by atoms with E-state index >= 15 is 0 Å². The Kier molecular flexibility index (Phi) is 8.40. The highest BCUT2D eigenvalue weighted by molar-refractivity contribution is 7.17. The summed E-state index contributed by atoms with van der Waals surface area (Å²) < 4.78 is 12.9. The van der Waals surface area contributed by atoms with Gasteiger partial charge in [0.05, 0.1) is 14.2 Å². The van der Waals surface area contributed by atoms with Gasteiger partial charge in [0.25, 0.3) is 0 Å². The van der Waals surface area contributed by atoms with Crippen molar-refractivity contribution in [2.24, 2.45) is 0 Å². The van der Waals surface area contributed by atoms with Crippen LogP contribution < -0.4 is 19.7 Å². The van der Waals surface area contributed by atoms with E-state index in [9.17, 15) is 0 Å². The fourth-order valence-corrected chi connectivity index (χ4v) is 6.30. The first kappa shape index (κ1) is 25.0. The summed E-state index contributed by atoms with van der Waals surface area (Å²) in [6, 6.07) is 11.1. The van der Waals surface area contributed by atoms with E-state index in [1.807, 2.05) is 12.1 Å². The van der Waals surface area contributed by atoms with Crippen molar-refractivity contribution < 1.29 is 9.47 Å². The second-order valence-corrected chi connectivity index (χ2v) is 10.6. The van der Waals surface area contributed by atoms with E-state index in [2.05, 4.69) is 54.3 Å². The van der Waals surface area contributed by atoms with Gasteiger partial charge in [-0.15, -0.1) is 10.2 Å². The van der Waals surface area contributed by atoms with E-state index in [0.717, 1.165) is 73.5 Å². The van der Waals surface area contributed by atoms with Gasteiger partial charge >= 0.3 is 0 Å². The number of benzene rings is 1. The Morgan fingerprint density at radius 3 is 2.50 bits per heavy atom. The molecule has 9 heteroatoms. The first-order chi connectivity index (χ1) is 17.7. The van der Waals surface area contributed by atoms with Crippen molar-refractivity contribution in [2.45, 2.75) is 51.1 Å². The van der Waals surface area contributed by atoms with Crippen molar-refractivity contribution in [3.63, 3.8) is 0 Å². The molecule has 1 aliphatic carbocycles. The molecule has 0 unspecified atom stereocenters. The van der Waals surface area contributed by atoms with Crippen LogP contribution in [-0.4, -0.2) is 72.6 Å². The number of anilines is 1. The molecule has 1 saturated heterocycles. The Balaban J connectivity index is 1.12. The van der Waals surface area contributed by atoms with E-state index < -0.39 is 0 Å². The van der Waals surface area contributed by atoms with Crippen molar-refractivity contribution in [3.8, 4) is 16.6 Å². The lowest BCUT2D eigenvalue weighted by Gasteiger charge is -2.40. The SMILES string of the molecule is COc1ccc(CCNCc2cccn2-c2nnc(N3CCN(C4CCCCC4)CC3)s2)cc1OC. The van der Waals surface area contributed by atoms with Gasteiger partial charge in [-0.05, 0) is 55.6 Å². The number of aromatic nitrogens is 3. The molecule has 0 radical (unpaired) electrons. The number of nitrogens with zero attached hydrogens (tertiary/aromatic N) is 5. The average molecular weight is 511 g/mol. The molecule has 8 nitrogen and oxygen atoms in total. The standard InChI is InChI=1S/C27H38N6O2S/c1-34-24-11-10-21(19-25(24)35-2)12-13-28-20-23-9-6-14-33(23)27-30-29-26(36-27)32-17-15-31(16-18-32)22-7-4-3-5-8-22/h6,9-11,14,19,22,28H,3-5,7-8,12-13,15-18,20H2,1-2H3. The molecule has 36 heavy (non-hydrogen) atoms. The predicted molar refractivity (Wildman–Crippen MR) is 145 cm³/mol. The molecule has 5 rings (SSSR count). The van der Waals surface area contributed by atoms with Gasteiger partial charge in [-0.1, -0.05) is 36.7 Å². The minimum Gasteiger partial charge on any atom is -0.493 e. The molecular weight excluding hydrogens is 472 g/mol. The van der Waals surface area contributed by atoms with Crippen LogP contribution in [0.1, 0.15) is 43.4 Å². The third-order valence-corrected chi connectivity index (χ3v) is 8.45. The van der Waals surface area contributed by atoms with Gasteiger partial charge in [0.1, 0.15) is 0 Å². The Bertz CT molecular complexity index is 1100. The minimum atomic E-state index is 0.759. The van der Waals surface area contributed by atoms with Gasteiger partial charge in [0.15, 0.2) is 11.5 Å². The van der Waals surface area contributed by atoms with E-state index in [1.165, 1.54) is 43.4 Å². The molecular formula is C27H38N6O2S. The molecule has 0 bridgehead atoms. The highest BCUT2D eigenvalue weighted by Crippen LogP contribution is 2.29. The molecule has 1 saturated carbocycles. The fourth-order valence-electron chi connectivity index (χ4n) is 5.39. The number of methoxy groups -OCH3 is 2. The zero-order chi connectivity index (χ0) is 24.7. The smallest absolute Gasteiger partial charge is 0.218 e. The first-order valence-electron chi connectivity index (χ1n) is 13.2. The number of hydrogen-bond acceptors (Lipinski definition) is 8. The normalized spacial score (nSPS) is 17.4. The second-order valence-electron chi connectivity index (χ2n) is 9.67. The number of ether oxygens (including phenoxy) is 2. The molecule has 0 atom stereocenters. The van der Waals surface area contributed by atoms with Crippen LogP contribution in [0.15, 0.2) is 36.5 Å². The van der Waals surface area contributed by atoms with Gasteiger partial charge < -0.3 is 19.7 Å². The van der Waals surface area contributed by atoms with E-state index in [0.29, 0.717) is 0 Å². The first-order valence-corrected chi connectivity index (χ1v) is 14.0. The van der Waals surface area contributed by atoms with Crippen LogP contribution in [0.2, 0.25) is 0 Å². The fraction of sp³-hybridized carbons (Fsp3) is 0.556. The summed E-state index contributed by atoms with van der Waals surface area (Å²) in [7, 11) is 3.33. The number of rotatable bonds is 10. The third-order valence-electron chi connectivity index (χ3n) is 7.46. The molecule has 2 fully saturated rings. The lowest BCUT2D eigenvalue weighted by molar-refractivity contribution is 0.148. The molecule has 3 aromatic rings. The van der Waals surface area contributed by atoms with Crippen molar-refractivity contribution >= 4 is 16.5 Å². The summed E-state index contributed by atoms with van der Waals surface area (Å²) in [5.74, 6) is 1.53. The maximum atomic E-state index is 5.42. The molecule has 1 N–H and O–H groups in total. The largest absolute Gasteiger partial charge is 0.493 e. The molecule has 0 amide bonds. The number of nitrogens with one attached hydrogen (secondary N) is 1. The van der Waals surface area contributed by atoms with Crippen molar-refractivity contribution in [3.05, 3.63) is 47.8 Å². The summed E-state index contributed by atoms with van der Waals surface area (Å²) in [4.78, 5) is 5.11. The van der Waals surface area contributed by atoms with Crippen LogP contribution >= 0.6 is 11.3 Å². The van der Waals surface area contributed by atoms with Gasteiger partial charge in [-0.3, -0.25) is 9.47 Å². The second kappa shape index (κ2) is 12.1. The third kappa shape index (κ3) is 5.85. The molecule has 2 aliphatic rings. The quantitative estimate of drug-likeness (QED) is 0.411. The molecule has 1 aliphatic heterocycles. The van der Waals surface area contributed by atoms with Crippen LogP contribution in [0.4, 0.5) is 5.13 Å². The molecule has 0 spiro atoms. The summed E-state index contributed by atoms with van der Waals surface area (Å²) >= 11 is 1.69. The number of hydrogen-bond donors (Lipinski definition) is 1. The van der Waals surface area contributed by atoms with Gasteiger partial charge in [0.2, 0.25) is 10.3 Å². The summed E-state index contributed by atoms with van der Waals surface area (Å²) in [5, 5.41) is 14.6. The molecule has 2 aromatic heterocycles. The lowest BCUT2D eigenvalue weighted by atomic mass is 9.94. The van der Waals surface area contributed by atoms with E-state index in [1.54, 1.807) is 25.6 Å². The summed E-state index contributed by atoms with van der Waals surface area (Å²) in [6.45, 7) is 6.00. The monoisotopic (exact) mass is 510 g/mol. The molecule has 194 valence electrons. The average Bonchev–Trinajstić information content (AvgIpc) is 3.61. The Labute approximate surface area is 218 Å². The van der Waals surface area contributed by atoms with E-state index in [-0.39, 0.29) is 0 Å². The van der Waals surface area contributed by atoms with Gasteiger partial charge in [-0.2, -0.15) is 0 Å². The van der Waals surface area contributed by atoms with Crippen molar-refractivity contribution in [1.29, 1.82) is 0 Å². The van der Waals surface area contributed by atoms with Gasteiger partial charge in [-0.25, -0.2) is 0 Å². The predicted octanol–water partition coefficient (Wildman–Crippen LogP) is 4.13.